The lowest BCUT2D eigenvalue weighted by atomic mass is 10.1. The Morgan fingerprint density at radius 2 is 2.00 bits per heavy atom. The number of nitrogens with one attached hydrogen (secondary N) is 1. The first-order chi connectivity index (χ1) is 13.2. The number of ether oxygens (including phenoxy) is 1. The number of benzene rings is 1. The Bertz CT molecular complexity index is 1050. The quantitative estimate of drug-likeness (QED) is 0.509. The predicted molar refractivity (Wildman–Crippen MR) is 109 cm³/mol. The third-order valence-corrected chi connectivity index (χ3v) is 5.10. The number of rotatable bonds is 6. The molecule has 0 amide bonds. The van der Waals surface area contributed by atoms with Gasteiger partial charge in [0.15, 0.2) is 5.82 Å². The third kappa shape index (κ3) is 3.56. The largest absolute Gasteiger partial charge is 0.377 e. The van der Waals surface area contributed by atoms with Crippen LogP contribution >= 0.6 is 11.3 Å². The minimum Gasteiger partial charge on any atom is -0.377 e. The van der Waals surface area contributed by atoms with E-state index in [1.54, 1.807) is 18.4 Å². The molecule has 0 saturated heterocycles. The summed E-state index contributed by atoms with van der Waals surface area (Å²) in [4.78, 5) is 10.3. The van der Waals surface area contributed by atoms with Crippen LogP contribution in [-0.2, 0) is 11.3 Å². The molecule has 4 rings (SSSR count). The van der Waals surface area contributed by atoms with Gasteiger partial charge in [-0.2, -0.15) is 5.10 Å². The standard InChI is InChI=1S/C20H21N5OS/c1-13(2)25-10-15(9-21-25)22-19-18-16(14-7-5-4-6-8-14)12-27-20(18)24-17(23-19)11-26-3/h4-10,12-13H,11H2,1-3H3,(H,22,23,24). The number of hydrogen-bond acceptors (Lipinski definition) is 6. The van der Waals surface area contributed by atoms with Gasteiger partial charge in [0.2, 0.25) is 0 Å². The molecule has 0 aliphatic carbocycles. The minimum absolute atomic E-state index is 0.302. The second-order valence-corrected chi connectivity index (χ2v) is 7.40. The predicted octanol–water partition coefficient (Wildman–Crippen LogP) is 5.03. The third-order valence-electron chi connectivity index (χ3n) is 4.23. The van der Waals surface area contributed by atoms with E-state index in [2.05, 4.69) is 46.8 Å². The Labute approximate surface area is 161 Å². The fraction of sp³-hybridized carbons (Fsp3) is 0.250. The molecule has 6 nitrogen and oxygen atoms in total. The summed E-state index contributed by atoms with van der Waals surface area (Å²) in [6.07, 6.45) is 3.81. The first-order valence-corrected chi connectivity index (χ1v) is 9.67. The number of hydrogen-bond donors (Lipinski definition) is 1. The summed E-state index contributed by atoms with van der Waals surface area (Å²) in [6.45, 7) is 4.57. The van der Waals surface area contributed by atoms with E-state index in [4.69, 9.17) is 9.72 Å². The van der Waals surface area contributed by atoms with Crippen molar-refractivity contribution in [1.29, 1.82) is 0 Å². The molecular weight excluding hydrogens is 358 g/mol. The van der Waals surface area contributed by atoms with E-state index in [1.165, 1.54) is 0 Å². The smallest absolute Gasteiger partial charge is 0.158 e. The highest BCUT2D eigenvalue weighted by Crippen LogP contribution is 2.37. The lowest BCUT2D eigenvalue weighted by Gasteiger charge is -2.09. The first-order valence-electron chi connectivity index (χ1n) is 8.79. The molecule has 1 aromatic carbocycles. The number of nitrogens with zero attached hydrogens (tertiary/aromatic N) is 4. The molecule has 4 aromatic rings. The second-order valence-electron chi connectivity index (χ2n) is 6.54. The van der Waals surface area contributed by atoms with Crippen LogP contribution in [0.15, 0.2) is 48.1 Å². The number of thiophene rings is 1. The van der Waals surface area contributed by atoms with Crippen LogP contribution in [0.1, 0.15) is 25.7 Å². The number of aromatic nitrogens is 4. The highest BCUT2D eigenvalue weighted by molar-refractivity contribution is 7.17. The van der Waals surface area contributed by atoms with Gasteiger partial charge in [-0.25, -0.2) is 9.97 Å². The van der Waals surface area contributed by atoms with Crippen LogP contribution in [0, 0.1) is 0 Å². The number of fused-ring (bicyclic) bond motifs is 1. The molecule has 3 heterocycles. The number of anilines is 2. The molecule has 0 fully saturated rings. The summed E-state index contributed by atoms with van der Waals surface area (Å²) in [6, 6.07) is 10.6. The van der Waals surface area contributed by atoms with Crippen LogP contribution in [0.2, 0.25) is 0 Å². The van der Waals surface area contributed by atoms with E-state index < -0.39 is 0 Å². The summed E-state index contributed by atoms with van der Waals surface area (Å²) in [5.41, 5.74) is 3.17. The van der Waals surface area contributed by atoms with Gasteiger partial charge in [0.1, 0.15) is 17.3 Å². The van der Waals surface area contributed by atoms with Gasteiger partial charge in [-0.3, -0.25) is 4.68 Å². The molecule has 0 aliphatic rings. The van der Waals surface area contributed by atoms with Crippen molar-refractivity contribution in [2.24, 2.45) is 0 Å². The Morgan fingerprint density at radius 3 is 2.70 bits per heavy atom. The Hall–Kier alpha value is -2.77. The lowest BCUT2D eigenvalue weighted by Crippen LogP contribution is -2.02. The summed E-state index contributed by atoms with van der Waals surface area (Å²) in [5.74, 6) is 1.43. The average molecular weight is 379 g/mol. The van der Waals surface area contributed by atoms with Gasteiger partial charge in [-0.05, 0) is 19.4 Å². The molecule has 1 N–H and O–H groups in total. The maximum atomic E-state index is 5.24. The minimum atomic E-state index is 0.302. The highest BCUT2D eigenvalue weighted by Gasteiger charge is 2.16. The SMILES string of the molecule is COCc1nc(Nc2cnn(C(C)C)c2)c2c(-c3ccccc3)csc2n1. The van der Waals surface area contributed by atoms with Gasteiger partial charge in [-0.15, -0.1) is 11.3 Å². The number of methoxy groups -OCH3 is 1. The van der Waals surface area contributed by atoms with E-state index in [0.717, 1.165) is 32.8 Å². The molecule has 0 spiro atoms. The molecule has 0 bridgehead atoms. The van der Waals surface area contributed by atoms with Crippen molar-refractivity contribution in [3.63, 3.8) is 0 Å². The Balaban J connectivity index is 1.83. The zero-order chi connectivity index (χ0) is 18.8. The van der Waals surface area contributed by atoms with Crippen molar-refractivity contribution in [3.8, 4) is 11.1 Å². The van der Waals surface area contributed by atoms with Crippen molar-refractivity contribution in [3.05, 3.63) is 53.9 Å². The first kappa shape index (κ1) is 17.6. The van der Waals surface area contributed by atoms with Crippen molar-refractivity contribution >= 4 is 33.1 Å². The van der Waals surface area contributed by atoms with Gasteiger partial charge in [0, 0.05) is 30.3 Å². The molecule has 138 valence electrons. The Morgan fingerprint density at radius 1 is 1.19 bits per heavy atom. The molecule has 7 heteroatoms. The van der Waals surface area contributed by atoms with E-state index >= 15 is 0 Å². The van der Waals surface area contributed by atoms with Crippen molar-refractivity contribution in [1.82, 2.24) is 19.7 Å². The lowest BCUT2D eigenvalue weighted by molar-refractivity contribution is 0.178. The van der Waals surface area contributed by atoms with E-state index in [-0.39, 0.29) is 0 Å². The van der Waals surface area contributed by atoms with Crippen LogP contribution in [0.3, 0.4) is 0 Å². The molecule has 0 atom stereocenters. The monoisotopic (exact) mass is 379 g/mol. The normalized spacial score (nSPS) is 11.4. The summed E-state index contributed by atoms with van der Waals surface area (Å²) >= 11 is 1.62. The van der Waals surface area contributed by atoms with Crippen LogP contribution < -0.4 is 5.32 Å². The zero-order valence-electron chi connectivity index (χ0n) is 15.5. The Kier molecular flexibility index (Phi) is 4.87. The zero-order valence-corrected chi connectivity index (χ0v) is 16.3. The molecule has 27 heavy (non-hydrogen) atoms. The van der Waals surface area contributed by atoms with Gasteiger partial charge < -0.3 is 10.1 Å². The fourth-order valence-corrected chi connectivity index (χ4v) is 3.89. The van der Waals surface area contributed by atoms with E-state index in [1.807, 2.05) is 35.3 Å². The van der Waals surface area contributed by atoms with Gasteiger partial charge >= 0.3 is 0 Å². The average Bonchev–Trinajstić information content (AvgIpc) is 3.30. The van der Waals surface area contributed by atoms with Gasteiger partial charge in [-0.1, -0.05) is 30.3 Å². The van der Waals surface area contributed by atoms with Gasteiger partial charge in [0.05, 0.1) is 17.3 Å². The summed E-state index contributed by atoms with van der Waals surface area (Å²) < 4.78 is 7.16. The maximum absolute atomic E-state index is 5.24. The topological polar surface area (TPSA) is 64.9 Å². The fourth-order valence-electron chi connectivity index (χ4n) is 2.92. The van der Waals surface area contributed by atoms with E-state index in [0.29, 0.717) is 18.5 Å². The summed E-state index contributed by atoms with van der Waals surface area (Å²) in [7, 11) is 1.65. The van der Waals surface area contributed by atoms with Crippen LogP contribution in [-0.4, -0.2) is 26.9 Å². The van der Waals surface area contributed by atoms with E-state index in [9.17, 15) is 0 Å². The van der Waals surface area contributed by atoms with Crippen LogP contribution in [0.25, 0.3) is 21.3 Å². The van der Waals surface area contributed by atoms with Crippen molar-refractivity contribution < 1.29 is 4.74 Å². The van der Waals surface area contributed by atoms with Gasteiger partial charge in [0.25, 0.3) is 0 Å². The molecule has 0 saturated carbocycles. The summed E-state index contributed by atoms with van der Waals surface area (Å²) in [5, 5.41) is 11.0. The van der Waals surface area contributed by atoms with Crippen molar-refractivity contribution in [2.75, 3.05) is 12.4 Å². The molecule has 0 unspecified atom stereocenters. The molecule has 3 aromatic heterocycles. The molecule has 0 radical (unpaired) electrons. The van der Waals surface area contributed by atoms with Crippen LogP contribution in [0.5, 0.6) is 0 Å². The molecular formula is C20H21N5OS. The second kappa shape index (κ2) is 7.46. The molecule has 0 aliphatic heterocycles. The highest BCUT2D eigenvalue weighted by atomic mass is 32.1. The van der Waals surface area contributed by atoms with Crippen LogP contribution in [0.4, 0.5) is 11.5 Å². The van der Waals surface area contributed by atoms with Crippen molar-refractivity contribution in [2.45, 2.75) is 26.5 Å². The maximum Gasteiger partial charge on any atom is 0.158 e.